The van der Waals surface area contributed by atoms with Crippen LogP contribution in [0.5, 0.6) is 0 Å². The minimum atomic E-state index is -0.978. The lowest BCUT2D eigenvalue weighted by Gasteiger charge is -2.11. The van der Waals surface area contributed by atoms with Crippen LogP contribution in [0, 0.1) is 5.82 Å². The van der Waals surface area contributed by atoms with E-state index in [1.54, 1.807) is 0 Å². The molecule has 5 heteroatoms. The van der Waals surface area contributed by atoms with Crippen molar-refractivity contribution in [2.24, 2.45) is 5.73 Å². The maximum absolute atomic E-state index is 12.7. The number of nitrogens with two attached hydrogens (primary N) is 1. The molecule has 0 radical (unpaired) electrons. The summed E-state index contributed by atoms with van der Waals surface area (Å²) in [7, 11) is 0. The Bertz CT molecular complexity index is 357. The van der Waals surface area contributed by atoms with Crippen LogP contribution < -0.4 is 5.73 Å². The van der Waals surface area contributed by atoms with Gasteiger partial charge in [-0.05, 0) is 17.7 Å². The summed E-state index contributed by atoms with van der Waals surface area (Å²) >= 11 is 3.12. The number of aliphatic carboxylic acids is 1. The Balaban J connectivity index is 2.90. The lowest BCUT2D eigenvalue weighted by molar-refractivity contribution is -0.137. The van der Waals surface area contributed by atoms with Gasteiger partial charge in [0, 0.05) is 10.5 Å². The second-order valence-corrected chi connectivity index (χ2v) is 3.72. The molecule has 0 spiro atoms. The molecule has 0 fully saturated rings. The van der Waals surface area contributed by atoms with Crippen LogP contribution >= 0.6 is 15.9 Å². The highest BCUT2D eigenvalue weighted by Gasteiger charge is 2.13. The molecule has 1 rings (SSSR count). The Hall–Kier alpha value is -0.940. The van der Waals surface area contributed by atoms with Crippen molar-refractivity contribution in [2.45, 2.75) is 12.5 Å². The van der Waals surface area contributed by atoms with Crippen LogP contribution in [0.25, 0.3) is 0 Å². The van der Waals surface area contributed by atoms with Gasteiger partial charge in [0.2, 0.25) is 0 Å². The monoisotopic (exact) mass is 261 g/mol. The van der Waals surface area contributed by atoms with E-state index in [4.69, 9.17) is 10.8 Å². The number of benzene rings is 1. The molecular weight excluding hydrogens is 253 g/mol. The molecule has 0 saturated heterocycles. The van der Waals surface area contributed by atoms with Crippen LogP contribution in [0.2, 0.25) is 0 Å². The molecule has 0 amide bonds. The van der Waals surface area contributed by atoms with E-state index in [0.717, 1.165) is 0 Å². The van der Waals surface area contributed by atoms with Gasteiger partial charge in [-0.15, -0.1) is 0 Å². The number of halogens is 2. The normalized spacial score (nSPS) is 12.5. The summed E-state index contributed by atoms with van der Waals surface area (Å²) in [6.45, 7) is 0. The van der Waals surface area contributed by atoms with Gasteiger partial charge < -0.3 is 10.8 Å². The molecule has 0 heterocycles. The predicted molar refractivity (Wildman–Crippen MR) is 53.3 cm³/mol. The van der Waals surface area contributed by atoms with E-state index in [2.05, 4.69) is 15.9 Å². The lowest BCUT2D eigenvalue weighted by Crippen LogP contribution is -2.15. The lowest BCUT2D eigenvalue weighted by atomic mass is 10.1. The number of hydrogen-bond donors (Lipinski definition) is 2. The zero-order valence-corrected chi connectivity index (χ0v) is 8.79. The Kier molecular flexibility index (Phi) is 3.60. The van der Waals surface area contributed by atoms with Gasteiger partial charge >= 0.3 is 5.97 Å². The fourth-order valence-corrected chi connectivity index (χ4v) is 1.75. The molecule has 1 aromatic rings. The van der Waals surface area contributed by atoms with E-state index in [9.17, 15) is 9.18 Å². The second-order valence-electron chi connectivity index (χ2n) is 2.87. The van der Waals surface area contributed by atoms with Crippen LogP contribution in [0.15, 0.2) is 22.7 Å². The molecule has 76 valence electrons. The zero-order chi connectivity index (χ0) is 10.7. The van der Waals surface area contributed by atoms with Crippen molar-refractivity contribution in [1.82, 2.24) is 0 Å². The van der Waals surface area contributed by atoms with Crippen LogP contribution in [0.1, 0.15) is 18.0 Å². The molecule has 1 aromatic carbocycles. The minimum absolute atomic E-state index is 0.176. The number of hydrogen-bond acceptors (Lipinski definition) is 2. The van der Waals surface area contributed by atoms with E-state index >= 15 is 0 Å². The summed E-state index contributed by atoms with van der Waals surface area (Å²) in [5, 5.41) is 8.52. The highest BCUT2D eigenvalue weighted by molar-refractivity contribution is 9.10. The number of rotatable bonds is 3. The van der Waals surface area contributed by atoms with Gasteiger partial charge in [-0.1, -0.05) is 22.0 Å². The van der Waals surface area contributed by atoms with Gasteiger partial charge in [-0.2, -0.15) is 0 Å². The fourth-order valence-electron chi connectivity index (χ4n) is 1.10. The van der Waals surface area contributed by atoms with Crippen LogP contribution in [-0.2, 0) is 4.79 Å². The summed E-state index contributed by atoms with van der Waals surface area (Å²) in [6, 6.07) is 3.37. The Morgan fingerprint density at radius 1 is 1.64 bits per heavy atom. The van der Waals surface area contributed by atoms with Gasteiger partial charge in [-0.3, -0.25) is 4.79 Å². The zero-order valence-electron chi connectivity index (χ0n) is 7.21. The molecule has 0 saturated carbocycles. The molecule has 3 nitrogen and oxygen atoms in total. The fraction of sp³-hybridized carbons (Fsp3) is 0.222. The topological polar surface area (TPSA) is 63.3 Å². The van der Waals surface area contributed by atoms with Gasteiger partial charge in [0.1, 0.15) is 5.82 Å². The Labute approximate surface area is 88.9 Å². The SMILES string of the molecule is N[C@@H](CC(=O)O)c1ccc(F)cc1Br. The van der Waals surface area contributed by atoms with Gasteiger partial charge in [-0.25, -0.2) is 4.39 Å². The van der Waals surface area contributed by atoms with Crippen molar-refractivity contribution in [2.75, 3.05) is 0 Å². The van der Waals surface area contributed by atoms with Crippen molar-refractivity contribution >= 4 is 21.9 Å². The average Bonchev–Trinajstić information content (AvgIpc) is 2.01. The van der Waals surface area contributed by atoms with Crippen LogP contribution in [0.3, 0.4) is 0 Å². The van der Waals surface area contributed by atoms with Gasteiger partial charge in [0.05, 0.1) is 6.42 Å². The van der Waals surface area contributed by atoms with Crippen molar-refractivity contribution in [3.05, 3.63) is 34.1 Å². The molecule has 0 aliphatic carbocycles. The summed E-state index contributed by atoms with van der Waals surface area (Å²) in [5.41, 5.74) is 6.21. The molecule has 0 unspecified atom stereocenters. The van der Waals surface area contributed by atoms with Gasteiger partial charge in [0.25, 0.3) is 0 Å². The first kappa shape index (κ1) is 11.1. The molecule has 3 N–H and O–H groups in total. The van der Waals surface area contributed by atoms with Crippen molar-refractivity contribution in [1.29, 1.82) is 0 Å². The molecule has 1 atom stereocenters. The first-order valence-corrected chi connectivity index (χ1v) is 4.72. The Morgan fingerprint density at radius 3 is 2.79 bits per heavy atom. The third-order valence-corrected chi connectivity index (χ3v) is 2.44. The number of carbonyl (C=O) groups is 1. The van der Waals surface area contributed by atoms with Crippen molar-refractivity contribution < 1.29 is 14.3 Å². The molecule has 0 bridgehead atoms. The van der Waals surface area contributed by atoms with Crippen molar-refractivity contribution in [3.63, 3.8) is 0 Å². The first-order chi connectivity index (χ1) is 6.50. The number of carboxylic acid groups (broad SMARTS) is 1. The Morgan fingerprint density at radius 2 is 2.29 bits per heavy atom. The smallest absolute Gasteiger partial charge is 0.305 e. The first-order valence-electron chi connectivity index (χ1n) is 3.93. The van der Waals surface area contributed by atoms with E-state index in [-0.39, 0.29) is 12.2 Å². The van der Waals surface area contributed by atoms with Crippen LogP contribution in [-0.4, -0.2) is 11.1 Å². The predicted octanol–water partition coefficient (Wildman–Crippen LogP) is 2.06. The molecule has 0 aliphatic heterocycles. The summed E-state index contributed by atoms with van der Waals surface area (Å²) in [6.07, 6.45) is -0.176. The highest BCUT2D eigenvalue weighted by atomic mass is 79.9. The molecule has 14 heavy (non-hydrogen) atoms. The summed E-state index contributed by atoms with van der Waals surface area (Å²) in [5.74, 6) is -1.36. The minimum Gasteiger partial charge on any atom is -0.481 e. The standard InChI is InChI=1S/C9H9BrFNO2/c10-7-3-5(11)1-2-6(7)8(12)4-9(13)14/h1-3,8H,4,12H2,(H,13,14)/t8-/m0/s1. The van der Waals surface area contributed by atoms with Gasteiger partial charge in [0.15, 0.2) is 0 Å². The van der Waals surface area contributed by atoms with E-state index in [1.165, 1.54) is 18.2 Å². The quantitative estimate of drug-likeness (QED) is 0.876. The number of carboxylic acids is 1. The molecule has 0 aliphatic rings. The van der Waals surface area contributed by atoms with Crippen molar-refractivity contribution in [3.8, 4) is 0 Å². The summed E-state index contributed by atoms with van der Waals surface area (Å²) < 4.78 is 13.2. The molecular formula is C9H9BrFNO2. The average molecular weight is 262 g/mol. The van der Waals surface area contributed by atoms with E-state index in [0.29, 0.717) is 10.0 Å². The third-order valence-electron chi connectivity index (χ3n) is 1.76. The molecule has 0 aromatic heterocycles. The maximum Gasteiger partial charge on any atom is 0.305 e. The summed E-state index contributed by atoms with van der Waals surface area (Å²) in [4.78, 5) is 10.4. The highest BCUT2D eigenvalue weighted by Crippen LogP contribution is 2.24. The van der Waals surface area contributed by atoms with E-state index in [1.807, 2.05) is 0 Å². The maximum atomic E-state index is 12.7. The third kappa shape index (κ3) is 2.78. The van der Waals surface area contributed by atoms with Crippen LogP contribution in [0.4, 0.5) is 4.39 Å². The second kappa shape index (κ2) is 4.52. The van der Waals surface area contributed by atoms with E-state index < -0.39 is 12.0 Å². The largest absolute Gasteiger partial charge is 0.481 e.